The summed E-state index contributed by atoms with van der Waals surface area (Å²) in [5.74, 6) is -1.84. The zero-order valence-electron chi connectivity index (χ0n) is 10.2. The lowest BCUT2D eigenvalue weighted by atomic mass is 10.1. The Morgan fingerprint density at radius 1 is 1.21 bits per heavy atom. The maximum atomic E-state index is 12.3. The Labute approximate surface area is 107 Å². The highest BCUT2D eigenvalue weighted by atomic mass is 19.4. The number of nitrogens with zero attached hydrogens (tertiary/aromatic N) is 1. The molecule has 0 saturated carbocycles. The molecule has 0 aliphatic carbocycles. The van der Waals surface area contributed by atoms with Crippen LogP contribution in [0.25, 0.3) is 0 Å². The molecule has 0 spiro atoms. The van der Waals surface area contributed by atoms with Gasteiger partial charge < -0.3 is 10.0 Å². The molecular weight excluding hydrogens is 263 g/mol. The maximum absolute atomic E-state index is 12.3. The van der Waals surface area contributed by atoms with Crippen molar-refractivity contribution in [2.75, 3.05) is 7.05 Å². The summed E-state index contributed by atoms with van der Waals surface area (Å²) >= 11 is 0. The van der Waals surface area contributed by atoms with Crippen molar-refractivity contribution in [3.63, 3.8) is 0 Å². The number of rotatable bonds is 3. The van der Waals surface area contributed by atoms with Gasteiger partial charge in [0.1, 0.15) is 6.04 Å². The Morgan fingerprint density at radius 2 is 1.68 bits per heavy atom. The normalized spacial score (nSPS) is 12.9. The molecule has 0 aromatic heterocycles. The van der Waals surface area contributed by atoms with Gasteiger partial charge in [-0.2, -0.15) is 13.2 Å². The van der Waals surface area contributed by atoms with Crippen molar-refractivity contribution in [3.8, 4) is 0 Å². The van der Waals surface area contributed by atoms with E-state index in [0.29, 0.717) is 0 Å². The molecule has 19 heavy (non-hydrogen) atoms. The molecule has 1 aromatic rings. The second-order valence-electron chi connectivity index (χ2n) is 4.01. The second kappa shape index (κ2) is 5.29. The molecule has 0 fully saturated rings. The molecule has 0 heterocycles. The van der Waals surface area contributed by atoms with E-state index >= 15 is 0 Å². The fraction of sp³-hybridized carbons (Fsp3) is 0.333. The third-order valence-corrected chi connectivity index (χ3v) is 2.72. The molecule has 1 atom stereocenters. The van der Waals surface area contributed by atoms with Gasteiger partial charge in [0.15, 0.2) is 0 Å². The first-order valence-electron chi connectivity index (χ1n) is 5.32. The summed E-state index contributed by atoms with van der Waals surface area (Å²) in [6.07, 6.45) is -4.47. The average molecular weight is 275 g/mol. The van der Waals surface area contributed by atoms with Crippen molar-refractivity contribution in [2.45, 2.75) is 19.1 Å². The number of alkyl halides is 3. The van der Waals surface area contributed by atoms with Gasteiger partial charge in [0.2, 0.25) is 0 Å². The number of halogens is 3. The van der Waals surface area contributed by atoms with E-state index in [1.165, 1.54) is 14.0 Å². The minimum absolute atomic E-state index is 0.00333. The van der Waals surface area contributed by atoms with Gasteiger partial charge >= 0.3 is 12.1 Å². The zero-order valence-corrected chi connectivity index (χ0v) is 10.2. The van der Waals surface area contributed by atoms with E-state index in [1.54, 1.807) is 0 Å². The van der Waals surface area contributed by atoms with Gasteiger partial charge in [0.25, 0.3) is 5.91 Å². The molecule has 1 amide bonds. The SMILES string of the molecule is C[C@H](C(=O)O)N(C)C(=O)c1ccc(C(F)(F)F)cc1. The third-order valence-electron chi connectivity index (χ3n) is 2.72. The molecular formula is C12H12F3NO3. The fourth-order valence-electron chi connectivity index (χ4n) is 1.35. The van der Waals surface area contributed by atoms with Crippen LogP contribution in [0.15, 0.2) is 24.3 Å². The van der Waals surface area contributed by atoms with E-state index in [1.807, 2.05) is 0 Å². The molecule has 0 saturated heterocycles. The molecule has 7 heteroatoms. The van der Waals surface area contributed by atoms with E-state index in [0.717, 1.165) is 29.2 Å². The highest BCUT2D eigenvalue weighted by Gasteiger charge is 2.30. The molecule has 0 aliphatic rings. The molecule has 1 rings (SSSR count). The smallest absolute Gasteiger partial charge is 0.416 e. The van der Waals surface area contributed by atoms with Crippen molar-refractivity contribution in [2.24, 2.45) is 0 Å². The third kappa shape index (κ3) is 3.46. The summed E-state index contributed by atoms with van der Waals surface area (Å²) in [7, 11) is 1.28. The molecule has 0 radical (unpaired) electrons. The molecule has 4 nitrogen and oxygen atoms in total. The lowest BCUT2D eigenvalue weighted by molar-refractivity contribution is -0.141. The standard InChI is InChI=1S/C12H12F3NO3/c1-7(11(18)19)16(2)10(17)8-3-5-9(6-4-8)12(13,14)15/h3-7H,1-2H3,(H,18,19)/t7-/m1/s1. The first-order valence-corrected chi connectivity index (χ1v) is 5.32. The highest BCUT2D eigenvalue weighted by Crippen LogP contribution is 2.29. The van der Waals surface area contributed by atoms with E-state index in [4.69, 9.17) is 5.11 Å². The zero-order chi connectivity index (χ0) is 14.8. The fourth-order valence-corrected chi connectivity index (χ4v) is 1.35. The number of carboxylic acid groups (broad SMARTS) is 1. The first-order chi connectivity index (χ1) is 8.64. The van der Waals surface area contributed by atoms with Crippen LogP contribution in [0.1, 0.15) is 22.8 Å². The molecule has 0 aliphatic heterocycles. The molecule has 104 valence electrons. The van der Waals surface area contributed by atoms with Crippen molar-refractivity contribution < 1.29 is 27.9 Å². The number of hydrogen-bond donors (Lipinski definition) is 1. The Balaban J connectivity index is 2.93. The largest absolute Gasteiger partial charge is 0.480 e. The number of carbonyl (C=O) groups excluding carboxylic acids is 1. The van der Waals surface area contributed by atoms with Gasteiger partial charge in [-0.3, -0.25) is 4.79 Å². The molecule has 1 aromatic carbocycles. The Hall–Kier alpha value is -2.05. The Morgan fingerprint density at radius 3 is 2.05 bits per heavy atom. The maximum Gasteiger partial charge on any atom is 0.416 e. The van der Waals surface area contributed by atoms with Crippen LogP contribution in [0.4, 0.5) is 13.2 Å². The van der Waals surface area contributed by atoms with Crippen LogP contribution in [0.5, 0.6) is 0 Å². The molecule has 1 N–H and O–H groups in total. The predicted octanol–water partition coefficient (Wildman–Crippen LogP) is 2.25. The number of benzene rings is 1. The van der Waals surface area contributed by atoms with Gasteiger partial charge in [-0.15, -0.1) is 0 Å². The van der Waals surface area contributed by atoms with Gasteiger partial charge in [0.05, 0.1) is 5.56 Å². The lowest BCUT2D eigenvalue weighted by Crippen LogP contribution is -2.40. The average Bonchev–Trinajstić information content (AvgIpc) is 2.35. The summed E-state index contributed by atoms with van der Waals surface area (Å²) < 4.78 is 37.0. The van der Waals surface area contributed by atoms with E-state index in [2.05, 4.69) is 0 Å². The highest BCUT2D eigenvalue weighted by molar-refractivity contribution is 5.96. The number of carbonyl (C=O) groups is 2. The summed E-state index contributed by atoms with van der Waals surface area (Å²) in [6.45, 7) is 1.31. The van der Waals surface area contributed by atoms with Crippen LogP contribution in [0.2, 0.25) is 0 Å². The van der Waals surface area contributed by atoms with Gasteiger partial charge in [-0.1, -0.05) is 0 Å². The van der Waals surface area contributed by atoms with Crippen molar-refractivity contribution in [1.29, 1.82) is 0 Å². The van der Waals surface area contributed by atoms with Gasteiger partial charge in [-0.25, -0.2) is 4.79 Å². The Kier molecular flexibility index (Phi) is 4.18. The summed E-state index contributed by atoms with van der Waals surface area (Å²) in [5.41, 5.74) is -0.860. The van der Waals surface area contributed by atoms with Crippen LogP contribution >= 0.6 is 0 Å². The number of amides is 1. The number of hydrogen-bond acceptors (Lipinski definition) is 2. The molecule has 0 unspecified atom stereocenters. The summed E-state index contributed by atoms with van der Waals surface area (Å²) in [6, 6.07) is 2.56. The van der Waals surface area contributed by atoms with Gasteiger partial charge in [-0.05, 0) is 31.2 Å². The number of aliphatic carboxylic acids is 1. The van der Waals surface area contributed by atoms with Crippen molar-refractivity contribution in [3.05, 3.63) is 35.4 Å². The second-order valence-corrected chi connectivity index (χ2v) is 4.01. The van der Waals surface area contributed by atoms with Crippen molar-refractivity contribution in [1.82, 2.24) is 4.90 Å². The van der Waals surface area contributed by atoms with Crippen LogP contribution in [-0.4, -0.2) is 35.0 Å². The topological polar surface area (TPSA) is 57.6 Å². The minimum Gasteiger partial charge on any atom is -0.480 e. The van der Waals surface area contributed by atoms with Crippen LogP contribution in [0, 0.1) is 0 Å². The molecule has 0 bridgehead atoms. The van der Waals surface area contributed by atoms with Crippen LogP contribution in [0.3, 0.4) is 0 Å². The van der Waals surface area contributed by atoms with E-state index < -0.39 is 29.7 Å². The van der Waals surface area contributed by atoms with Crippen LogP contribution in [-0.2, 0) is 11.0 Å². The van der Waals surface area contributed by atoms with Gasteiger partial charge in [0, 0.05) is 12.6 Å². The van der Waals surface area contributed by atoms with Crippen LogP contribution < -0.4 is 0 Å². The van der Waals surface area contributed by atoms with E-state index in [-0.39, 0.29) is 5.56 Å². The predicted molar refractivity (Wildman–Crippen MR) is 60.6 cm³/mol. The summed E-state index contributed by atoms with van der Waals surface area (Å²) in [4.78, 5) is 23.5. The first kappa shape index (κ1) is 15.0. The van der Waals surface area contributed by atoms with Crippen molar-refractivity contribution >= 4 is 11.9 Å². The number of carboxylic acids is 1. The number of likely N-dealkylation sites (N-methyl/N-ethyl adjacent to an activating group) is 1. The minimum atomic E-state index is -4.47. The summed E-state index contributed by atoms with van der Waals surface area (Å²) in [5, 5.41) is 8.76. The monoisotopic (exact) mass is 275 g/mol. The Bertz CT molecular complexity index is 482. The van der Waals surface area contributed by atoms with E-state index in [9.17, 15) is 22.8 Å². The quantitative estimate of drug-likeness (QED) is 0.920. The lowest BCUT2D eigenvalue weighted by Gasteiger charge is -2.21.